The van der Waals surface area contributed by atoms with Crippen LogP contribution in [-0.4, -0.2) is 63.1 Å². The van der Waals surface area contributed by atoms with Gasteiger partial charge in [-0.2, -0.15) is 0 Å². The summed E-state index contributed by atoms with van der Waals surface area (Å²) in [5, 5.41) is 0. The molecule has 27 heavy (non-hydrogen) atoms. The quantitative estimate of drug-likeness (QED) is 0.792. The lowest BCUT2D eigenvalue weighted by atomic mass is 10.1. The van der Waals surface area contributed by atoms with Gasteiger partial charge in [0.2, 0.25) is 0 Å². The molecule has 0 bridgehead atoms. The average molecular weight is 387 g/mol. The van der Waals surface area contributed by atoms with E-state index in [0.29, 0.717) is 24.2 Å². The Bertz CT molecular complexity index is 902. The van der Waals surface area contributed by atoms with Crippen molar-refractivity contribution in [3.8, 4) is 0 Å². The molecule has 0 aromatic heterocycles. The van der Waals surface area contributed by atoms with E-state index in [-0.39, 0.29) is 10.8 Å². The van der Waals surface area contributed by atoms with Crippen molar-refractivity contribution in [1.29, 1.82) is 0 Å². The minimum atomic E-state index is -3.34. The Labute approximate surface area is 161 Å². The van der Waals surface area contributed by atoms with E-state index in [2.05, 4.69) is 29.2 Å². The number of amides is 1. The number of benzene rings is 2. The van der Waals surface area contributed by atoms with Gasteiger partial charge in [-0.3, -0.25) is 9.69 Å². The van der Waals surface area contributed by atoms with Crippen molar-refractivity contribution in [3.63, 3.8) is 0 Å². The number of hydrogen-bond donors (Lipinski definition) is 0. The minimum absolute atomic E-state index is 0.0948. The zero-order chi connectivity index (χ0) is 19.4. The fourth-order valence-electron chi connectivity index (χ4n) is 3.42. The van der Waals surface area contributed by atoms with Crippen LogP contribution < -0.4 is 0 Å². The van der Waals surface area contributed by atoms with Gasteiger partial charge in [0, 0.05) is 44.5 Å². The van der Waals surface area contributed by atoms with E-state index in [1.807, 2.05) is 11.0 Å². The van der Waals surface area contributed by atoms with Gasteiger partial charge in [0.05, 0.1) is 4.90 Å². The molecule has 1 amide bonds. The van der Waals surface area contributed by atoms with Gasteiger partial charge in [-0.1, -0.05) is 36.4 Å². The van der Waals surface area contributed by atoms with Crippen LogP contribution in [0.15, 0.2) is 53.4 Å². The molecule has 5 nitrogen and oxygen atoms in total. The summed E-state index contributed by atoms with van der Waals surface area (Å²) in [6.45, 7) is 5.73. The fourth-order valence-corrected chi connectivity index (χ4v) is 4.42. The van der Waals surface area contributed by atoms with Crippen molar-refractivity contribution >= 4 is 15.7 Å². The second-order valence-corrected chi connectivity index (χ2v) is 9.11. The third kappa shape index (κ3) is 4.96. The highest BCUT2D eigenvalue weighted by Crippen LogP contribution is 2.19. The van der Waals surface area contributed by atoms with Crippen LogP contribution in [0.5, 0.6) is 0 Å². The van der Waals surface area contributed by atoms with E-state index in [9.17, 15) is 13.2 Å². The zero-order valence-corrected chi connectivity index (χ0v) is 16.7. The molecule has 2 aromatic carbocycles. The number of carbonyl (C=O) groups is 1. The molecule has 6 heteroatoms. The maximum atomic E-state index is 12.8. The lowest BCUT2D eigenvalue weighted by Gasteiger charge is -2.34. The summed E-state index contributed by atoms with van der Waals surface area (Å²) in [7, 11) is -3.34. The SMILES string of the molecule is Cc1ccc(C(=O)N2CCN(CCc3ccccc3)CC2)cc1S(C)(=O)=O. The zero-order valence-electron chi connectivity index (χ0n) is 15.9. The maximum absolute atomic E-state index is 12.8. The number of rotatable bonds is 5. The molecule has 0 radical (unpaired) electrons. The Balaban J connectivity index is 1.59. The molecule has 1 saturated heterocycles. The summed E-state index contributed by atoms with van der Waals surface area (Å²) in [6, 6.07) is 15.3. The van der Waals surface area contributed by atoms with Crippen LogP contribution in [0.2, 0.25) is 0 Å². The smallest absolute Gasteiger partial charge is 0.253 e. The molecule has 2 aromatic rings. The fraction of sp³-hybridized carbons (Fsp3) is 0.381. The number of sulfone groups is 1. The molecular weight excluding hydrogens is 360 g/mol. The second kappa shape index (κ2) is 8.23. The summed E-state index contributed by atoms with van der Waals surface area (Å²) in [4.78, 5) is 17.2. The summed E-state index contributed by atoms with van der Waals surface area (Å²) in [6.07, 6.45) is 2.18. The molecule has 3 rings (SSSR count). The number of piperazine rings is 1. The number of hydrogen-bond acceptors (Lipinski definition) is 4. The van der Waals surface area contributed by atoms with Gasteiger partial charge in [-0.05, 0) is 36.6 Å². The molecule has 0 atom stereocenters. The highest BCUT2D eigenvalue weighted by molar-refractivity contribution is 7.90. The van der Waals surface area contributed by atoms with Gasteiger partial charge in [0.25, 0.3) is 5.91 Å². The van der Waals surface area contributed by atoms with E-state index in [0.717, 1.165) is 26.1 Å². The largest absolute Gasteiger partial charge is 0.336 e. The highest BCUT2D eigenvalue weighted by atomic mass is 32.2. The van der Waals surface area contributed by atoms with E-state index in [4.69, 9.17) is 0 Å². The van der Waals surface area contributed by atoms with Crippen molar-refractivity contribution < 1.29 is 13.2 Å². The van der Waals surface area contributed by atoms with Crippen molar-refractivity contribution in [2.75, 3.05) is 39.0 Å². The minimum Gasteiger partial charge on any atom is -0.336 e. The lowest BCUT2D eigenvalue weighted by molar-refractivity contribution is 0.0638. The predicted octanol–water partition coefficient (Wildman–Crippen LogP) is 2.40. The Kier molecular flexibility index (Phi) is 5.97. The third-order valence-electron chi connectivity index (χ3n) is 5.05. The van der Waals surface area contributed by atoms with E-state index >= 15 is 0 Å². The first kappa shape index (κ1) is 19.6. The van der Waals surface area contributed by atoms with Crippen molar-refractivity contribution in [3.05, 3.63) is 65.2 Å². The Morgan fingerprint density at radius 2 is 1.67 bits per heavy atom. The van der Waals surface area contributed by atoms with Crippen LogP contribution in [0.1, 0.15) is 21.5 Å². The van der Waals surface area contributed by atoms with Gasteiger partial charge in [-0.15, -0.1) is 0 Å². The summed E-state index contributed by atoms with van der Waals surface area (Å²) in [5.41, 5.74) is 2.43. The van der Waals surface area contributed by atoms with Crippen LogP contribution in [0.4, 0.5) is 0 Å². The van der Waals surface area contributed by atoms with E-state index in [1.165, 1.54) is 17.9 Å². The Morgan fingerprint density at radius 1 is 1.00 bits per heavy atom. The van der Waals surface area contributed by atoms with Crippen molar-refractivity contribution in [2.24, 2.45) is 0 Å². The standard InChI is InChI=1S/C21H26N2O3S/c1-17-8-9-19(16-20(17)27(2,25)26)21(24)23-14-12-22(13-15-23)11-10-18-6-4-3-5-7-18/h3-9,16H,10-15H2,1-2H3. The topological polar surface area (TPSA) is 57.7 Å². The van der Waals surface area contributed by atoms with Crippen molar-refractivity contribution in [2.45, 2.75) is 18.2 Å². The summed E-state index contributed by atoms with van der Waals surface area (Å²) in [5.74, 6) is -0.0948. The molecule has 0 unspecified atom stereocenters. The number of aryl methyl sites for hydroxylation is 1. The van der Waals surface area contributed by atoms with Crippen molar-refractivity contribution in [1.82, 2.24) is 9.80 Å². The molecule has 0 aliphatic carbocycles. The first-order valence-corrected chi connectivity index (χ1v) is 11.1. The average Bonchev–Trinajstić information content (AvgIpc) is 2.66. The van der Waals surface area contributed by atoms with E-state index in [1.54, 1.807) is 19.1 Å². The first-order chi connectivity index (χ1) is 12.8. The van der Waals surface area contributed by atoms with Crippen LogP contribution in [0.3, 0.4) is 0 Å². The monoisotopic (exact) mass is 386 g/mol. The molecule has 0 spiro atoms. The molecular formula is C21H26N2O3S. The van der Waals surface area contributed by atoms with Crippen LogP contribution in [0, 0.1) is 6.92 Å². The normalized spacial score (nSPS) is 15.7. The predicted molar refractivity (Wildman–Crippen MR) is 107 cm³/mol. The van der Waals surface area contributed by atoms with Gasteiger partial charge in [0.15, 0.2) is 9.84 Å². The molecule has 0 N–H and O–H groups in total. The Hall–Kier alpha value is -2.18. The molecule has 1 aliphatic rings. The highest BCUT2D eigenvalue weighted by Gasteiger charge is 2.23. The van der Waals surface area contributed by atoms with Crippen LogP contribution >= 0.6 is 0 Å². The first-order valence-electron chi connectivity index (χ1n) is 9.21. The summed E-state index contributed by atoms with van der Waals surface area (Å²) < 4.78 is 23.8. The lowest BCUT2D eigenvalue weighted by Crippen LogP contribution is -2.49. The van der Waals surface area contributed by atoms with Crippen LogP contribution in [-0.2, 0) is 16.3 Å². The van der Waals surface area contributed by atoms with Gasteiger partial charge in [0.1, 0.15) is 0 Å². The maximum Gasteiger partial charge on any atom is 0.253 e. The van der Waals surface area contributed by atoms with E-state index < -0.39 is 9.84 Å². The number of carbonyl (C=O) groups excluding carboxylic acids is 1. The molecule has 1 fully saturated rings. The Morgan fingerprint density at radius 3 is 2.30 bits per heavy atom. The number of nitrogens with zero attached hydrogens (tertiary/aromatic N) is 2. The molecule has 1 heterocycles. The van der Waals surface area contributed by atoms with Crippen LogP contribution in [0.25, 0.3) is 0 Å². The second-order valence-electron chi connectivity index (χ2n) is 7.12. The van der Waals surface area contributed by atoms with Gasteiger partial charge >= 0.3 is 0 Å². The van der Waals surface area contributed by atoms with Gasteiger partial charge < -0.3 is 4.90 Å². The van der Waals surface area contributed by atoms with Gasteiger partial charge in [-0.25, -0.2) is 8.42 Å². The summed E-state index contributed by atoms with van der Waals surface area (Å²) >= 11 is 0. The third-order valence-corrected chi connectivity index (χ3v) is 6.29. The molecule has 144 valence electrons. The molecule has 0 saturated carbocycles. The molecule has 1 aliphatic heterocycles.